The van der Waals surface area contributed by atoms with E-state index < -0.39 is 10.0 Å². The molecule has 0 aliphatic carbocycles. The number of carbonyl (C=O) groups excluding carboxylic acids is 1. The highest BCUT2D eigenvalue weighted by Gasteiger charge is 2.22. The minimum Gasteiger partial charge on any atom is -0.494 e. The van der Waals surface area contributed by atoms with E-state index in [0.29, 0.717) is 34.3 Å². The van der Waals surface area contributed by atoms with Crippen LogP contribution in [0.15, 0.2) is 85.1 Å². The number of rotatable bonds is 11. The van der Waals surface area contributed by atoms with Crippen molar-refractivity contribution in [3.05, 3.63) is 102 Å². The summed E-state index contributed by atoms with van der Waals surface area (Å²) >= 11 is 0. The van der Waals surface area contributed by atoms with E-state index >= 15 is 0 Å². The minimum absolute atomic E-state index is 0. The number of ether oxygens (including phenoxy) is 2. The molecule has 3 N–H and O–H groups in total. The number of anilines is 3. The average molecular weight is 656 g/mol. The lowest BCUT2D eigenvalue weighted by atomic mass is 10.0. The molecule has 1 amide bonds. The maximum atomic E-state index is 13.2. The zero-order chi connectivity index (χ0) is 31.1. The minimum atomic E-state index is -3.34. The molecule has 1 fully saturated rings. The highest BCUT2D eigenvalue weighted by Crippen LogP contribution is 2.31. The molecule has 10 nitrogen and oxygen atoms in total. The van der Waals surface area contributed by atoms with Crippen molar-refractivity contribution >= 4 is 45.4 Å². The van der Waals surface area contributed by atoms with E-state index in [1.54, 1.807) is 36.5 Å². The van der Waals surface area contributed by atoms with Gasteiger partial charge in [-0.05, 0) is 79.1 Å². The lowest BCUT2D eigenvalue weighted by Crippen LogP contribution is -2.38. The SMILES string of the molecule is COc1c(NC2CCN(Cc3ccc(Oc4ccc(NS(C)(=O)=O)cc4)nc3)CC2)cccc1C(=O)Nc1ccc(F)cc1.Cl. The number of piperidine rings is 1. The van der Waals surface area contributed by atoms with Crippen LogP contribution in [0.3, 0.4) is 0 Å². The second-order valence-corrected chi connectivity index (χ2v) is 12.3. The summed E-state index contributed by atoms with van der Waals surface area (Å²) in [5, 5.41) is 6.34. The van der Waals surface area contributed by atoms with Crippen LogP contribution in [0.1, 0.15) is 28.8 Å². The highest BCUT2D eigenvalue weighted by molar-refractivity contribution is 7.92. The molecule has 0 atom stereocenters. The van der Waals surface area contributed by atoms with Crippen molar-refractivity contribution in [3.63, 3.8) is 0 Å². The first-order chi connectivity index (χ1) is 21.1. The zero-order valence-electron chi connectivity index (χ0n) is 24.8. The largest absolute Gasteiger partial charge is 0.494 e. The van der Waals surface area contributed by atoms with Crippen molar-refractivity contribution in [2.24, 2.45) is 0 Å². The Hall–Kier alpha value is -4.39. The van der Waals surface area contributed by atoms with E-state index in [4.69, 9.17) is 9.47 Å². The van der Waals surface area contributed by atoms with Crippen molar-refractivity contribution in [1.29, 1.82) is 0 Å². The molecule has 238 valence electrons. The fourth-order valence-electron chi connectivity index (χ4n) is 4.99. The third-order valence-electron chi connectivity index (χ3n) is 7.10. The zero-order valence-corrected chi connectivity index (χ0v) is 26.5. The van der Waals surface area contributed by atoms with E-state index in [0.717, 1.165) is 50.0 Å². The number of hydrogen-bond acceptors (Lipinski definition) is 8. The summed E-state index contributed by atoms with van der Waals surface area (Å²) in [6, 6.07) is 21.6. The van der Waals surface area contributed by atoms with Crippen LogP contribution in [-0.4, -0.2) is 56.7 Å². The fraction of sp³-hybridized carbons (Fsp3) is 0.250. The van der Waals surface area contributed by atoms with E-state index in [1.807, 2.05) is 24.3 Å². The lowest BCUT2D eigenvalue weighted by Gasteiger charge is -2.33. The second-order valence-electron chi connectivity index (χ2n) is 10.5. The van der Waals surface area contributed by atoms with Gasteiger partial charge in [0.05, 0.1) is 24.6 Å². The van der Waals surface area contributed by atoms with E-state index in [9.17, 15) is 17.6 Å². The predicted octanol–water partition coefficient (Wildman–Crippen LogP) is 6.14. The highest BCUT2D eigenvalue weighted by atomic mass is 35.5. The lowest BCUT2D eigenvalue weighted by molar-refractivity contribution is 0.102. The third-order valence-corrected chi connectivity index (χ3v) is 7.70. The first kappa shape index (κ1) is 33.5. The van der Waals surface area contributed by atoms with E-state index in [2.05, 4.69) is 25.2 Å². The molecule has 2 heterocycles. The van der Waals surface area contributed by atoms with Crippen molar-refractivity contribution < 1.29 is 27.1 Å². The Morgan fingerprint density at radius 1 is 0.978 bits per heavy atom. The number of carbonyl (C=O) groups is 1. The number of hydrogen-bond donors (Lipinski definition) is 3. The molecule has 13 heteroatoms. The number of aromatic nitrogens is 1. The Morgan fingerprint density at radius 3 is 2.29 bits per heavy atom. The van der Waals surface area contributed by atoms with Gasteiger partial charge in [-0.25, -0.2) is 17.8 Å². The van der Waals surface area contributed by atoms with Crippen LogP contribution in [0.25, 0.3) is 0 Å². The number of halogens is 2. The first-order valence-corrected chi connectivity index (χ1v) is 16.0. The van der Waals surface area contributed by atoms with Crippen LogP contribution >= 0.6 is 12.4 Å². The number of likely N-dealkylation sites (tertiary alicyclic amines) is 1. The molecule has 0 saturated carbocycles. The van der Waals surface area contributed by atoms with Crippen molar-refractivity contribution in [2.45, 2.75) is 25.4 Å². The van der Waals surface area contributed by atoms with Crippen molar-refractivity contribution in [3.8, 4) is 17.4 Å². The predicted molar refractivity (Wildman–Crippen MR) is 176 cm³/mol. The molecule has 1 aromatic heterocycles. The Balaban J connectivity index is 0.00000461. The van der Waals surface area contributed by atoms with Gasteiger partial charge in [0.15, 0.2) is 5.75 Å². The Bertz CT molecular complexity index is 1680. The van der Waals surface area contributed by atoms with Gasteiger partial charge in [-0.1, -0.05) is 12.1 Å². The number of pyridine rings is 1. The van der Waals surface area contributed by atoms with Gasteiger partial charge in [0.2, 0.25) is 15.9 Å². The maximum absolute atomic E-state index is 13.2. The Labute approximate surface area is 268 Å². The fourth-order valence-corrected chi connectivity index (χ4v) is 5.55. The summed E-state index contributed by atoms with van der Waals surface area (Å²) in [6.07, 6.45) is 4.72. The Morgan fingerprint density at radius 2 is 1.67 bits per heavy atom. The van der Waals surface area contributed by atoms with Crippen LogP contribution in [0.5, 0.6) is 17.4 Å². The van der Waals surface area contributed by atoms with E-state index in [1.165, 1.54) is 31.4 Å². The summed E-state index contributed by atoms with van der Waals surface area (Å²) in [7, 11) is -1.80. The van der Waals surface area contributed by atoms with Gasteiger partial charge in [0, 0.05) is 49.3 Å². The molecule has 0 radical (unpaired) electrons. The van der Waals surface area contributed by atoms with Crippen molar-refractivity contribution in [2.75, 3.05) is 41.8 Å². The molecule has 45 heavy (non-hydrogen) atoms. The molecular weight excluding hydrogens is 621 g/mol. The van der Waals surface area contributed by atoms with E-state index in [-0.39, 0.29) is 30.2 Å². The van der Waals surface area contributed by atoms with Gasteiger partial charge in [-0.3, -0.25) is 14.4 Å². The summed E-state index contributed by atoms with van der Waals surface area (Å²) < 4.78 is 49.8. The van der Waals surface area contributed by atoms with Gasteiger partial charge in [-0.2, -0.15) is 0 Å². The van der Waals surface area contributed by atoms with Gasteiger partial charge in [-0.15, -0.1) is 12.4 Å². The van der Waals surface area contributed by atoms with Crippen LogP contribution < -0.4 is 24.8 Å². The maximum Gasteiger partial charge on any atom is 0.259 e. The van der Waals surface area contributed by atoms with Gasteiger partial charge in [0.25, 0.3) is 5.91 Å². The molecule has 1 aliphatic heterocycles. The monoisotopic (exact) mass is 655 g/mol. The smallest absolute Gasteiger partial charge is 0.259 e. The number of nitrogens with zero attached hydrogens (tertiary/aromatic N) is 2. The van der Waals surface area contributed by atoms with Crippen LogP contribution in [-0.2, 0) is 16.6 Å². The molecule has 0 unspecified atom stereocenters. The first-order valence-electron chi connectivity index (χ1n) is 14.1. The molecule has 0 spiro atoms. The van der Waals surface area contributed by atoms with Gasteiger partial charge >= 0.3 is 0 Å². The third kappa shape index (κ3) is 9.55. The normalized spacial score (nSPS) is 13.8. The topological polar surface area (TPSA) is 122 Å². The van der Waals surface area contributed by atoms with Gasteiger partial charge < -0.3 is 20.1 Å². The summed E-state index contributed by atoms with van der Waals surface area (Å²) in [6.45, 7) is 2.53. The molecule has 1 saturated heterocycles. The van der Waals surface area contributed by atoms with Crippen LogP contribution in [0.2, 0.25) is 0 Å². The van der Waals surface area contributed by atoms with Crippen LogP contribution in [0, 0.1) is 5.82 Å². The summed E-state index contributed by atoms with van der Waals surface area (Å²) in [4.78, 5) is 19.7. The average Bonchev–Trinajstić information content (AvgIpc) is 3.00. The summed E-state index contributed by atoms with van der Waals surface area (Å²) in [5.74, 6) is 0.753. The van der Waals surface area contributed by atoms with Gasteiger partial charge in [0.1, 0.15) is 11.6 Å². The molecular formula is C32H35ClFN5O5S. The molecule has 5 rings (SSSR count). The molecule has 0 bridgehead atoms. The number of para-hydroxylation sites is 1. The number of benzene rings is 3. The quantitative estimate of drug-likeness (QED) is 0.176. The Kier molecular flexibility index (Phi) is 11.2. The van der Waals surface area contributed by atoms with Crippen LogP contribution in [0.4, 0.5) is 21.5 Å². The number of methoxy groups -OCH3 is 1. The van der Waals surface area contributed by atoms with Crippen molar-refractivity contribution in [1.82, 2.24) is 9.88 Å². The molecule has 4 aromatic rings. The summed E-state index contributed by atoms with van der Waals surface area (Å²) in [5.41, 5.74) is 3.16. The molecule has 3 aromatic carbocycles. The second kappa shape index (κ2) is 15.1. The number of nitrogens with one attached hydrogen (secondary N) is 3. The number of sulfonamides is 1. The molecule has 1 aliphatic rings. The standard InChI is InChI=1S/C32H34FN5O5S.ClH/c1-42-31-28(32(39)36-24-9-7-23(33)8-10-24)4-3-5-29(31)35-25-16-18-38(19-17-25)21-22-6-15-30(34-20-22)43-27-13-11-26(12-14-27)37-44(2,40)41;/h3-15,20,25,35,37H,16-19,21H2,1-2H3,(H,36,39);1H. The number of amides is 1.